The number of rotatable bonds is 1. The summed E-state index contributed by atoms with van der Waals surface area (Å²) < 4.78 is 1.48. The van der Waals surface area contributed by atoms with Crippen molar-refractivity contribution >= 4 is 28.1 Å². The third-order valence-corrected chi connectivity index (χ3v) is 2.99. The molecule has 2 nitrogen and oxygen atoms in total. The van der Waals surface area contributed by atoms with Crippen molar-refractivity contribution in [2.24, 2.45) is 0 Å². The maximum Gasteiger partial charge on any atom is 0.138 e. The molecule has 1 heterocycles. The first-order chi connectivity index (χ1) is 6.77. The van der Waals surface area contributed by atoms with E-state index < -0.39 is 0 Å². The van der Waals surface area contributed by atoms with E-state index in [1.54, 1.807) is 6.20 Å². The number of aromatic amines is 1. The summed E-state index contributed by atoms with van der Waals surface area (Å²) in [6.45, 7) is 0. The Kier molecular flexibility index (Phi) is 2.74. The SMILES string of the molecule is S=c1[nH]c(-c2ccccc2)ncc1Br. The Morgan fingerprint density at radius 3 is 2.57 bits per heavy atom. The third-order valence-electron chi connectivity index (χ3n) is 1.80. The van der Waals surface area contributed by atoms with E-state index in [-0.39, 0.29) is 0 Å². The highest BCUT2D eigenvalue weighted by molar-refractivity contribution is 9.10. The van der Waals surface area contributed by atoms with Gasteiger partial charge in [-0.1, -0.05) is 42.5 Å². The molecule has 1 aromatic heterocycles. The highest BCUT2D eigenvalue weighted by atomic mass is 79.9. The van der Waals surface area contributed by atoms with E-state index in [2.05, 4.69) is 25.9 Å². The van der Waals surface area contributed by atoms with Gasteiger partial charge in [0.05, 0.1) is 4.47 Å². The number of benzene rings is 1. The Bertz CT molecular complexity index is 493. The molecule has 14 heavy (non-hydrogen) atoms. The molecule has 0 radical (unpaired) electrons. The second kappa shape index (κ2) is 4.02. The minimum atomic E-state index is 0.666. The lowest BCUT2D eigenvalue weighted by atomic mass is 10.2. The van der Waals surface area contributed by atoms with Gasteiger partial charge in [0.15, 0.2) is 0 Å². The predicted octanol–water partition coefficient (Wildman–Crippen LogP) is 3.57. The van der Waals surface area contributed by atoms with Gasteiger partial charge in [-0.25, -0.2) is 4.98 Å². The molecule has 2 rings (SSSR count). The Balaban J connectivity index is 2.54. The first-order valence-corrected chi connectivity index (χ1v) is 5.28. The van der Waals surface area contributed by atoms with Gasteiger partial charge < -0.3 is 4.98 Å². The number of aromatic nitrogens is 2. The van der Waals surface area contributed by atoms with E-state index in [0.29, 0.717) is 4.64 Å². The molecule has 0 fully saturated rings. The zero-order valence-electron chi connectivity index (χ0n) is 7.20. The number of hydrogen-bond donors (Lipinski definition) is 1. The van der Waals surface area contributed by atoms with Gasteiger partial charge in [-0.2, -0.15) is 0 Å². The van der Waals surface area contributed by atoms with Crippen LogP contribution in [0.5, 0.6) is 0 Å². The molecule has 0 spiro atoms. The maximum absolute atomic E-state index is 5.10. The van der Waals surface area contributed by atoms with Crippen molar-refractivity contribution in [2.75, 3.05) is 0 Å². The normalized spacial score (nSPS) is 10.1. The molecule has 0 unspecified atom stereocenters. The van der Waals surface area contributed by atoms with Gasteiger partial charge in [-0.15, -0.1) is 0 Å². The van der Waals surface area contributed by atoms with Gasteiger partial charge in [0.1, 0.15) is 10.5 Å². The van der Waals surface area contributed by atoms with E-state index in [0.717, 1.165) is 15.9 Å². The van der Waals surface area contributed by atoms with Gasteiger partial charge in [-0.05, 0) is 15.9 Å². The number of H-pyrrole nitrogens is 1. The highest BCUT2D eigenvalue weighted by Crippen LogP contribution is 2.16. The molecule has 0 aliphatic heterocycles. The Labute approximate surface area is 95.2 Å². The van der Waals surface area contributed by atoms with Crippen molar-refractivity contribution < 1.29 is 0 Å². The van der Waals surface area contributed by atoms with Crippen molar-refractivity contribution in [1.29, 1.82) is 0 Å². The summed E-state index contributed by atoms with van der Waals surface area (Å²) in [4.78, 5) is 7.29. The smallest absolute Gasteiger partial charge is 0.138 e. The monoisotopic (exact) mass is 266 g/mol. The van der Waals surface area contributed by atoms with E-state index in [1.807, 2.05) is 30.3 Å². The average Bonchev–Trinajstić information content (AvgIpc) is 2.23. The minimum Gasteiger partial charge on any atom is -0.330 e. The number of nitrogens with one attached hydrogen (secondary N) is 1. The second-order valence-electron chi connectivity index (χ2n) is 2.77. The van der Waals surface area contributed by atoms with Crippen LogP contribution in [0.4, 0.5) is 0 Å². The van der Waals surface area contributed by atoms with Crippen LogP contribution in [0.3, 0.4) is 0 Å². The lowest BCUT2D eigenvalue weighted by Crippen LogP contribution is -1.88. The van der Waals surface area contributed by atoms with Crippen LogP contribution in [0.1, 0.15) is 0 Å². The van der Waals surface area contributed by atoms with Crippen molar-refractivity contribution in [3.63, 3.8) is 0 Å². The highest BCUT2D eigenvalue weighted by Gasteiger charge is 1.98. The molecule has 0 atom stereocenters. The largest absolute Gasteiger partial charge is 0.330 e. The Morgan fingerprint density at radius 2 is 1.93 bits per heavy atom. The van der Waals surface area contributed by atoms with Crippen LogP contribution in [0.15, 0.2) is 41.0 Å². The fourth-order valence-electron chi connectivity index (χ4n) is 1.12. The predicted molar refractivity (Wildman–Crippen MR) is 62.6 cm³/mol. The molecule has 1 N–H and O–H groups in total. The summed E-state index contributed by atoms with van der Waals surface area (Å²) in [6.07, 6.45) is 1.71. The quantitative estimate of drug-likeness (QED) is 0.800. The van der Waals surface area contributed by atoms with Gasteiger partial charge >= 0.3 is 0 Å². The molecule has 0 aliphatic carbocycles. The molecule has 0 saturated heterocycles. The van der Waals surface area contributed by atoms with E-state index in [9.17, 15) is 0 Å². The number of halogens is 1. The van der Waals surface area contributed by atoms with Crippen LogP contribution in [0.25, 0.3) is 11.4 Å². The summed E-state index contributed by atoms with van der Waals surface area (Å²) >= 11 is 8.40. The van der Waals surface area contributed by atoms with Gasteiger partial charge in [0, 0.05) is 11.8 Å². The maximum atomic E-state index is 5.10. The van der Waals surface area contributed by atoms with Crippen molar-refractivity contribution in [1.82, 2.24) is 9.97 Å². The van der Waals surface area contributed by atoms with Gasteiger partial charge in [0.2, 0.25) is 0 Å². The molecular weight excluding hydrogens is 260 g/mol. The molecule has 0 amide bonds. The Hall–Kier alpha value is -1.00. The van der Waals surface area contributed by atoms with Crippen LogP contribution < -0.4 is 0 Å². The van der Waals surface area contributed by atoms with Crippen LogP contribution in [-0.2, 0) is 0 Å². The molecule has 70 valence electrons. The second-order valence-corrected chi connectivity index (χ2v) is 4.04. The van der Waals surface area contributed by atoms with E-state index in [1.165, 1.54) is 0 Å². The van der Waals surface area contributed by atoms with Crippen LogP contribution in [-0.4, -0.2) is 9.97 Å². The topological polar surface area (TPSA) is 28.7 Å². The molecule has 0 bridgehead atoms. The van der Waals surface area contributed by atoms with Gasteiger partial charge in [-0.3, -0.25) is 0 Å². The first-order valence-electron chi connectivity index (χ1n) is 4.07. The molecule has 4 heteroatoms. The molecule has 1 aromatic carbocycles. The third kappa shape index (κ3) is 1.91. The zero-order chi connectivity index (χ0) is 9.97. The number of hydrogen-bond acceptors (Lipinski definition) is 2. The van der Waals surface area contributed by atoms with Crippen molar-refractivity contribution in [3.8, 4) is 11.4 Å². The van der Waals surface area contributed by atoms with Crippen molar-refractivity contribution in [2.45, 2.75) is 0 Å². The lowest BCUT2D eigenvalue weighted by Gasteiger charge is -2.00. The standard InChI is InChI=1S/C10H7BrN2S/c11-8-6-12-9(13-10(8)14)7-4-2-1-3-5-7/h1-6H,(H,12,13,14). The van der Waals surface area contributed by atoms with Crippen LogP contribution >= 0.6 is 28.1 Å². The van der Waals surface area contributed by atoms with Crippen molar-refractivity contribution in [3.05, 3.63) is 45.6 Å². The first kappa shape index (κ1) is 9.55. The summed E-state index contributed by atoms with van der Waals surface area (Å²) in [7, 11) is 0. The summed E-state index contributed by atoms with van der Waals surface area (Å²) in [5, 5.41) is 0. The van der Waals surface area contributed by atoms with E-state index in [4.69, 9.17) is 12.2 Å². The fourth-order valence-corrected chi connectivity index (χ4v) is 1.47. The van der Waals surface area contributed by atoms with E-state index >= 15 is 0 Å². The summed E-state index contributed by atoms with van der Waals surface area (Å²) in [6, 6.07) is 9.88. The van der Waals surface area contributed by atoms with Crippen LogP contribution in [0.2, 0.25) is 0 Å². The molecular formula is C10H7BrN2S. The summed E-state index contributed by atoms with van der Waals surface area (Å²) in [5.41, 5.74) is 1.03. The minimum absolute atomic E-state index is 0.666. The molecule has 2 aromatic rings. The Morgan fingerprint density at radius 1 is 1.21 bits per heavy atom. The van der Waals surface area contributed by atoms with Crippen LogP contribution in [0, 0.1) is 4.64 Å². The van der Waals surface area contributed by atoms with Gasteiger partial charge in [0.25, 0.3) is 0 Å². The average molecular weight is 267 g/mol. The summed E-state index contributed by atoms with van der Waals surface area (Å²) in [5.74, 6) is 0.791. The zero-order valence-corrected chi connectivity index (χ0v) is 9.60. The molecule has 0 aliphatic rings. The lowest BCUT2D eigenvalue weighted by molar-refractivity contribution is 1.14. The number of nitrogens with zero attached hydrogens (tertiary/aromatic N) is 1. The molecule has 0 saturated carbocycles. The fraction of sp³-hybridized carbons (Fsp3) is 0.